The lowest BCUT2D eigenvalue weighted by Gasteiger charge is -2.29. The summed E-state index contributed by atoms with van der Waals surface area (Å²) in [6.07, 6.45) is -0.692. The lowest BCUT2D eigenvalue weighted by Crippen LogP contribution is -2.62. The number of nitrogens with one attached hydrogen (secondary N) is 1. The summed E-state index contributed by atoms with van der Waals surface area (Å²) in [7, 11) is 0. The fourth-order valence-corrected chi connectivity index (χ4v) is 2.49. The summed E-state index contributed by atoms with van der Waals surface area (Å²) < 4.78 is 9.80. The zero-order valence-corrected chi connectivity index (χ0v) is 16.1. The van der Waals surface area contributed by atoms with E-state index in [2.05, 4.69) is 5.32 Å². The molecule has 7 nitrogen and oxygen atoms in total. The summed E-state index contributed by atoms with van der Waals surface area (Å²) in [6.45, 7) is 4.06. The summed E-state index contributed by atoms with van der Waals surface area (Å²) in [5, 5.41) is 2.60. The molecule has 0 spiro atoms. The fraction of sp³-hybridized carbons (Fsp3) is 0.412. The minimum Gasteiger partial charge on any atom is -0.464 e. The lowest BCUT2D eigenvalue weighted by molar-refractivity contribution is -0.167. The first-order valence-corrected chi connectivity index (χ1v) is 8.55. The van der Waals surface area contributed by atoms with Gasteiger partial charge in [-0.15, -0.1) is 0 Å². The molecular weight excluding hydrogens is 385 g/mol. The zero-order valence-electron chi connectivity index (χ0n) is 14.6. The molecule has 0 aliphatic rings. The maximum Gasteiger partial charge on any atom is 0.344 e. The number of carbonyl (C=O) groups is 4. The molecule has 1 aromatic rings. The molecule has 26 heavy (non-hydrogen) atoms. The van der Waals surface area contributed by atoms with Crippen LogP contribution in [0.4, 0.5) is 0 Å². The third-order valence-corrected chi connectivity index (χ3v) is 4.04. The SMILES string of the molecule is CCOC(=O)C(CC(=O)c1ccc(Cl)c(Cl)c1)(NC(C)=O)C(=O)OCC. The molecule has 0 aliphatic heterocycles. The highest BCUT2D eigenvalue weighted by Gasteiger charge is 2.51. The van der Waals surface area contributed by atoms with E-state index in [9.17, 15) is 19.2 Å². The predicted octanol–water partition coefficient (Wildman–Crippen LogP) is 2.57. The molecule has 0 bridgehead atoms. The zero-order chi connectivity index (χ0) is 19.9. The first kappa shape index (κ1) is 21.9. The molecule has 0 atom stereocenters. The first-order chi connectivity index (χ1) is 12.2. The van der Waals surface area contributed by atoms with Gasteiger partial charge in [-0.1, -0.05) is 23.2 Å². The van der Waals surface area contributed by atoms with Gasteiger partial charge in [-0.2, -0.15) is 0 Å². The summed E-state index contributed by atoms with van der Waals surface area (Å²) in [5.74, 6) is -3.49. The molecule has 0 radical (unpaired) electrons. The van der Waals surface area contributed by atoms with Crippen molar-refractivity contribution in [2.45, 2.75) is 32.7 Å². The minimum atomic E-state index is -2.29. The highest BCUT2D eigenvalue weighted by molar-refractivity contribution is 6.42. The van der Waals surface area contributed by atoms with Crippen LogP contribution in [0, 0.1) is 0 Å². The summed E-state index contributed by atoms with van der Waals surface area (Å²) in [5.41, 5.74) is -2.18. The highest BCUT2D eigenvalue weighted by Crippen LogP contribution is 2.25. The molecule has 0 heterocycles. The van der Waals surface area contributed by atoms with Crippen molar-refractivity contribution in [3.8, 4) is 0 Å². The van der Waals surface area contributed by atoms with Crippen LogP contribution in [-0.4, -0.2) is 42.4 Å². The van der Waals surface area contributed by atoms with Crippen molar-refractivity contribution in [1.82, 2.24) is 5.32 Å². The Kier molecular flexibility index (Phi) is 8.05. The highest BCUT2D eigenvalue weighted by atomic mass is 35.5. The van der Waals surface area contributed by atoms with Gasteiger partial charge in [-0.3, -0.25) is 9.59 Å². The van der Waals surface area contributed by atoms with Gasteiger partial charge in [-0.05, 0) is 32.0 Å². The van der Waals surface area contributed by atoms with Crippen molar-refractivity contribution in [2.24, 2.45) is 0 Å². The average molecular weight is 404 g/mol. The van der Waals surface area contributed by atoms with E-state index >= 15 is 0 Å². The van der Waals surface area contributed by atoms with Crippen LogP contribution >= 0.6 is 23.2 Å². The van der Waals surface area contributed by atoms with Gasteiger partial charge >= 0.3 is 11.9 Å². The Balaban J connectivity index is 3.33. The van der Waals surface area contributed by atoms with Crippen LogP contribution in [0.25, 0.3) is 0 Å². The molecule has 142 valence electrons. The van der Waals surface area contributed by atoms with Crippen LogP contribution < -0.4 is 5.32 Å². The maximum absolute atomic E-state index is 12.7. The number of ether oxygens (including phenoxy) is 2. The number of esters is 2. The molecule has 1 rings (SSSR count). The van der Waals surface area contributed by atoms with Crippen LogP contribution in [0.1, 0.15) is 37.6 Å². The van der Waals surface area contributed by atoms with Gasteiger partial charge in [-0.25, -0.2) is 9.59 Å². The van der Waals surface area contributed by atoms with Crippen LogP contribution in [0.2, 0.25) is 10.0 Å². The Morgan fingerprint density at radius 1 is 1.00 bits per heavy atom. The number of halogens is 2. The monoisotopic (exact) mass is 403 g/mol. The van der Waals surface area contributed by atoms with E-state index in [0.29, 0.717) is 0 Å². The van der Waals surface area contributed by atoms with Gasteiger partial charge in [0.05, 0.1) is 29.7 Å². The van der Waals surface area contributed by atoms with Crippen molar-refractivity contribution in [3.05, 3.63) is 33.8 Å². The van der Waals surface area contributed by atoms with E-state index in [-0.39, 0.29) is 28.8 Å². The Bertz CT molecular complexity index is 701. The number of ketones is 1. The largest absolute Gasteiger partial charge is 0.464 e. The molecule has 0 saturated carbocycles. The van der Waals surface area contributed by atoms with Gasteiger partial charge in [0.2, 0.25) is 11.4 Å². The van der Waals surface area contributed by atoms with E-state index in [1.54, 1.807) is 0 Å². The molecule has 0 unspecified atom stereocenters. The second kappa shape index (κ2) is 9.54. The van der Waals surface area contributed by atoms with Gasteiger partial charge in [0.25, 0.3) is 0 Å². The number of amides is 1. The quantitative estimate of drug-likeness (QED) is 0.406. The maximum atomic E-state index is 12.7. The molecule has 0 aliphatic carbocycles. The molecule has 1 aromatic carbocycles. The van der Waals surface area contributed by atoms with Crippen molar-refractivity contribution in [2.75, 3.05) is 13.2 Å². The van der Waals surface area contributed by atoms with Crippen LogP contribution in [0.15, 0.2) is 18.2 Å². The first-order valence-electron chi connectivity index (χ1n) is 7.79. The van der Waals surface area contributed by atoms with E-state index in [0.717, 1.165) is 6.92 Å². The van der Waals surface area contributed by atoms with Gasteiger partial charge in [0.1, 0.15) is 0 Å². The van der Waals surface area contributed by atoms with Crippen molar-refractivity contribution in [1.29, 1.82) is 0 Å². The molecule has 0 fully saturated rings. The molecule has 1 amide bonds. The number of rotatable bonds is 8. The Morgan fingerprint density at radius 2 is 1.54 bits per heavy atom. The van der Waals surface area contributed by atoms with Gasteiger partial charge in [0.15, 0.2) is 5.78 Å². The predicted molar refractivity (Wildman–Crippen MR) is 95.2 cm³/mol. The van der Waals surface area contributed by atoms with Gasteiger partial charge < -0.3 is 14.8 Å². The van der Waals surface area contributed by atoms with Gasteiger partial charge in [0, 0.05) is 12.5 Å². The molecule has 1 N–H and O–H groups in total. The number of hydrogen-bond donors (Lipinski definition) is 1. The second-order valence-electron chi connectivity index (χ2n) is 5.26. The molecular formula is C17H19Cl2NO6. The average Bonchev–Trinajstić information content (AvgIpc) is 2.56. The van der Waals surface area contributed by atoms with Crippen molar-refractivity contribution in [3.63, 3.8) is 0 Å². The minimum absolute atomic E-state index is 0.0550. The van der Waals surface area contributed by atoms with Crippen LogP contribution in [0.5, 0.6) is 0 Å². The van der Waals surface area contributed by atoms with E-state index < -0.39 is 35.6 Å². The van der Waals surface area contributed by atoms with Crippen LogP contribution in [0.3, 0.4) is 0 Å². The summed E-state index contributed by atoms with van der Waals surface area (Å²) in [6, 6.07) is 4.11. The third kappa shape index (κ3) is 5.19. The topological polar surface area (TPSA) is 98.8 Å². The normalized spacial score (nSPS) is 10.8. The Labute approximate surface area is 160 Å². The van der Waals surface area contributed by atoms with Crippen LogP contribution in [-0.2, 0) is 23.9 Å². The lowest BCUT2D eigenvalue weighted by atomic mass is 9.90. The smallest absolute Gasteiger partial charge is 0.344 e. The van der Waals surface area contributed by atoms with E-state index in [4.69, 9.17) is 32.7 Å². The van der Waals surface area contributed by atoms with Crippen molar-refractivity contribution >= 4 is 46.8 Å². The van der Waals surface area contributed by atoms with E-state index in [1.165, 1.54) is 32.0 Å². The molecule has 9 heteroatoms. The summed E-state index contributed by atoms with van der Waals surface area (Å²) in [4.78, 5) is 49.2. The second-order valence-corrected chi connectivity index (χ2v) is 6.07. The number of Topliss-reactive ketones (excluding diaryl/α,β-unsaturated/α-hetero) is 1. The number of hydrogen-bond acceptors (Lipinski definition) is 6. The van der Waals surface area contributed by atoms with E-state index in [1.807, 2.05) is 0 Å². The number of benzene rings is 1. The number of carbonyl (C=O) groups excluding carboxylic acids is 4. The summed E-state index contributed by atoms with van der Waals surface area (Å²) >= 11 is 11.7. The fourth-order valence-electron chi connectivity index (χ4n) is 2.20. The Hall–Kier alpha value is -2.12. The molecule has 0 saturated heterocycles. The standard InChI is InChI=1S/C17H19Cl2NO6/c1-4-25-15(23)17(20-10(3)21,16(24)26-5-2)9-14(22)11-6-7-12(18)13(19)8-11/h6-8H,4-5,9H2,1-3H3,(H,20,21). The Morgan fingerprint density at radius 3 is 1.96 bits per heavy atom. The third-order valence-electron chi connectivity index (χ3n) is 3.30. The van der Waals surface area contributed by atoms with Crippen molar-refractivity contribution < 1.29 is 28.7 Å². The molecule has 0 aromatic heterocycles.